The summed E-state index contributed by atoms with van der Waals surface area (Å²) in [4.78, 5) is 3.98. The Balaban J connectivity index is 1.95. The number of hydrogen-bond acceptors (Lipinski definition) is 3. The van der Waals surface area contributed by atoms with Gasteiger partial charge in [-0.25, -0.2) is 4.98 Å². The Hall–Kier alpha value is -1.56. The number of nitrogens with zero attached hydrogens (tertiary/aromatic N) is 2. The van der Waals surface area contributed by atoms with Crippen LogP contribution in [0, 0.1) is 11.3 Å². The molecule has 1 aromatic heterocycles. The lowest BCUT2D eigenvalue weighted by Gasteiger charge is -2.22. The standard InChI is InChI=1S/C12H14N2O/c13-8-10-6-7-12(9-14-10)15-11-4-2-1-3-5-11/h6-7,9,11H,1-5H2. The maximum atomic E-state index is 8.60. The summed E-state index contributed by atoms with van der Waals surface area (Å²) >= 11 is 0. The summed E-state index contributed by atoms with van der Waals surface area (Å²) in [7, 11) is 0. The third kappa shape index (κ3) is 2.69. The average molecular weight is 202 g/mol. The van der Waals surface area contributed by atoms with Gasteiger partial charge in [0.2, 0.25) is 0 Å². The van der Waals surface area contributed by atoms with Crippen molar-refractivity contribution >= 4 is 0 Å². The largest absolute Gasteiger partial charge is 0.489 e. The Labute approximate surface area is 89.7 Å². The first-order valence-electron chi connectivity index (χ1n) is 5.41. The molecule has 0 radical (unpaired) electrons. The summed E-state index contributed by atoms with van der Waals surface area (Å²) in [5.74, 6) is 0.779. The lowest BCUT2D eigenvalue weighted by molar-refractivity contribution is 0.154. The fourth-order valence-electron chi connectivity index (χ4n) is 1.89. The highest BCUT2D eigenvalue weighted by Crippen LogP contribution is 2.22. The van der Waals surface area contributed by atoms with Crippen molar-refractivity contribution in [2.45, 2.75) is 38.2 Å². The topological polar surface area (TPSA) is 45.9 Å². The van der Waals surface area contributed by atoms with Gasteiger partial charge in [0.15, 0.2) is 0 Å². The van der Waals surface area contributed by atoms with E-state index >= 15 is 0 Å². The Kier molecular flexibility index (Phi) is 3.18. The van der Waals surface area contributed by atoms with E-state index in [2.05, 4.69) is 4.98 Å². The van der Waals surface area contributed by atoms with Crippen molar-refractivity contribution < 1.29 is 4.74 Å². The molecule has 3 nitrogen and oxygen atoms in total. The first-order chi connectivity index (χ1) is 7.38. The second-order valence-corrected chi connectivity index (χ2v) is 3.87. The zero-order valence-corrected chi connectivity index (χ0v) is 8.65. The second kappa shape index (κ2) is 4.79. The van der Waals surface area contributed by atoms with Crippen molar-refractivity contribution in [3.05, 3.63) is 24.0 Å². The number of ether oxygens (including phenoxy) is 1. The van der Waals surface area contributed by atoms with Gasteiger partial charge in [0.1, 0.15) is 17.5 Å². The van der Waals surface area contributed by atoms with E-state index in [4.69, 9.17) is 10.00 Å². The minimum Gasteiger partial charge on any atom is -0.489 e. The molecule has 1 aliphatic carbocycles. The molecule has 0 aromatic carbocycles. The van der Waals surface area contributed by atoms with E-state index in [0.29, 0.717) is 11.8 Å². The molecular weight excluding hydrogens is 188 g/mol. The quantitative estimate of drug-likeness (QED) is 0.740. The monoisotopic (exact) mass is 202 g/mol. The van der Waals surface area contributed by atoms with Crippen molar-refractivity contribution in [2.24, 2.45) is 0 Å². The first-order valence-corrected chi connectivity index (χ1v) is 5.41. The normalized spacial score (nSPS) is 17.0. The van der Waals surface area contributed by atoms with E-state index in [9.17, 15) is 0 Å². The molecule has 0 bridgehead atoms. The molecule has 0 N–H and O–H groups in total. The molecule has 3 heteroatoms. The lowest BCUT2D eigenvalue weighted by atomic mass is 9.98. The predicted molar refractivity (Wildman–Crippen MR) is 56.5 cm³/mol. The predicted octanol–water partition coefficient (Wildman–Crippen LogP) is 2.66. The molecule has 0 atom stereocenters. The molecule has 1 saturated carbocycles. The Bertz CT molecular complexity index is 347. The van der Waals surface area contributed by atoms with Crippen molar-refractivity contribution in [1.29, 1.82) is 5.26 Å². The van der Waals surface area contributed by atoms with E-state index < -0.39 is 0 Å². The highest BCUT2D eigenvalue weighted by atomic mass is 16.5. The van der Waals surface area contributed by atoms with Gasteiger partial charge in [0, 0.05) is 0 Å². The van der Waals surface area contributed by atoms with Gasteiger partial charge in [0.25, 0.3) is 0 Å². The zero-order valence-electron chi connectivity index (χ0n) is 8.65. The number of aromatic nitrogens is 1. The summed E-state index contributed by atoms with van der Waals surface area (Å²) in [5, 5.41) is 8.60. The molecule has 0 aliphatic heterocycles. The van der Waals surface area contributed by atoms with Crippen LogP contribution in [0.3, 0.4) is 0 Å². The van der Waals surface area contributed by atoms with Crippen LogP contribution in [0.1, 0.15) is 37.8 Å². The fraction of sp³-hybridized carbons (Fsp3) is 0.500. The Morgan fingerprint density at radius 1 is 1.27 bits per heavy atom. The maximum Gasteiger partial charge on any atom is 0.140 e. The van der Waals surface area contributed by atoms with Gasteiger partial charge < -0.3 is 4.74 Å². The summed E-state index contributed by atoms with van der Waals surface area (Å²) in [6.07, 6.45) is 8.09. The van der Waals surface area contributed by atoms with Crippen molar-refractivity contribution in [3.63, 3.8) is 0 Å². The number of hydrogen-bond donors (Lipinski definition) is 0. The van der Waals surface area contributed by atoms with Gasteiger partial charge in [0.05, 0.1) is 12.3 Å². The molecule has 78 valence electrons. The Morgan fingerprint density at radius 2 is 2.07 bits per heavy atom. The van der Waals surface area contributed by atoms with E-state index in [-0.39, 0.29) is 0 Å². The van der Waals surface area contributed by atoms with Gasteiger partial charge in [-0.15, -0.1) is 0 Å². The molecule has 0 unspecified atom stereocenters. The van der Waals surface area contributed by atoms with Crippen molar-refractivity contribution in [3.8, 4) is 11.8 Å². The molecule has 1 heterocycles. The van der Waals surface area contributed by atoms with Crippen molar-refractivity contribution in [2.75, 3.05) is 0 Å². The molecule has 0 spiro atoms. The minimum absolute atomic E-state index is 0.341. The Morgan fingerprint density at radius 3 is 2.67 bits per heavy atom. The molecule has 1 aromatic rings. The molecule has 0 amide bonds. The van der Waals surface area contributed by atoms with Gasteiger partial charge in [-0.2, -0.15) is 5.26 Å². The highest BCUT2D eigenvalue weighted by molar-refractivity contribution is 5.26. The van der Waals surface area contributed by atoms with Crippen LogP contribution in [0.25, 0.3) is 0 Å². The summed E-state index contributed by atoms with van der Waals surface area (Å²) < 4.78 is 5.78. The van der Waals surface area contributed by atoms with Gasteiger partial charge >= 0.3 is 0 Å². The maximum absolute atomic E-state index is 8.60. The second-order valence-electron chi connectivity index (χ2n) is 3.87. The number of nitriles is 1. The van der Waals surface area contributed by atoms with Crippen LogP contribution in [0.2, 0.25) is 0 Å². The summed E-state index contributed by atoms with van der Waals surface area (Å²) in [6.45, 7) is 0. The van der Waals surface area contributed by atoms with E-state index in [0.717, 1.165) is 18.6 Å². The van der Waals surface area contributed by atoms with Crippen LogP contribution in [0.4, 0.5) is 0 Å². The molecule has 15 heavy (non-hydrogen) atoms. The molecule has 2 rings (SSSR count). The molecule has 0 saturated heterocycles. The summed E-state index contributed by atoms with van der Waals surface area (Å²) in [5.41, 5.74) is 0.436. The molecule has 1 fully saturated rings. The van der Waals surface area contributed by atoms with Crippen LogP contribution in [-0.2, 0) is 0 Å². The molecule has 1 aliphatic rings. The smallest absolute Gasteiger partial charge is 0.140 e. The third-order valence-electron chi connectivity index (χ3n) is 2.71. The van der Waals surface area contributed by atoms with E-state index in [1.807, 2.05) is 12.1 Å². The fourth-order valence-corrected chi connectivity index (χ4v) is 1.89. The van der Waals surface area contributed by atoms with Gasteiger partial charge in [-0.1, -0.05) is 6.42 Å². The van der Waals surface area contributed by atoms with Gasteiger partial charge in [-0.3, -0.25) is 0 Å². The van der Waals surface area contributed by atoms with Gasteiger partial charge in [-0.05, 0) is 37.8 Å². The van der Waals surface area contributed by atoms with Crippen LogP contribution in [0.15, 0.2) is 18.3 Å². The van der Waals surface area contributed by atoms with E-state index in [1.54, 1.807) is 12.3 Å². The first kappa shape index (κ1) is 9.97. The number of rotatable bonds is 2. The van der Waals surface area contributed by atoms with Crippen LogP contribution in [0.5, 0.6) is 5.75 Å². The minimum atomic E-state index is 0.341. The van der Waals surface area contributed by atoms with Crippen LogP contribution < -0.4 is 4.74 Å². The van der Waals surface area contributed by atoms with E-state index in [1.165, 1.54) is 19.3 Å². The highest BCUT2D eigenvalue weighted by Gasteiger charge is 2.14. The van der Waals surface area contributed by atoms with Crippen LogP contribution >= 0.6 is 0 Å². The summed E-state index contributed by atoms with van der Waals surface area (Å²) in [6, 6.07) is 5.50. The third-order valence-corrected chi connectivity index (χ3v) is 2.71. The average Bonchev–Trinajstić information content (AvgIpc) is 2.31. The zero-order chi connectivity index (χ0) is 10.5. The molecular formula is C12H14N2O. The lowest BCUT2D eigenvalue weighted by Crippen LogP contribution is -2.19. The van der Waals surface area contributed by atoms with Crippen LogP contribution in [-0.4, -0.2) is 11.1 Å². The SMILES string of the molecule is N#Cc1ccc(OC2CCCCC2)cn1. The number of pyridine rings is 1. The van der Waals surface area contributed by atoms with Crippen molar-refractivity contribution in [1.82, 2.24) is 4.98 Å².